The molecular formula is C26H22N2O4. The van der Waals surface area contributed by atoms with Gasteiger partial charge in [-0.25, -0.2) is 4.98 Å². The Morgan fingerprint density at radius 2 is 1.81 bits per heavy atom. The van der Waals surface area contributed by atoms with Gasteiger partial charge in [0, 0.05) is 22.7 Å². The Balaban J connectivity index is 1.53. The summed E-state index contributed by atoms with van der Waals surface area (Å²) >= 11 is 0. The van der Waals surface area contributed by atoms with E-state index in [9.17, 15) is 4.79 Å². The number of fused-ring (bicyclic) bond motifs is 2. The lowest BCUT2D eigenvalue weighted by atomic mass is 10.0. The number of hydrogen-bond acceptors (Lipinski definition) is 5. The number of benzene rings is 3. The summed E-state index contributed by atoms with van der Waals surface area (Å²) in [5.41, 5.74) is 3.52. The van der Waals surface area contributed by atoms with Gasteiger partial charge in [-0.3, -0.25) is 4.79 Å². The van der Waals surface area contributed by atoms with Crippen molar-refractivity contribution in [1.82, 2.24) is 4.98 Å². The molecule has 6 nitrogen and oxygen atoms in total. The maximum absolute atomic E-state index is 13.3. The largest absolute Gasteiger partial charge is 0.494 e. The summed E-state index contributed by atoms with van der Waals surface area (Å²) in [4.78, 5) is 18.1. The fourth-order valence-corrected chi connectivity index (χ4v) is 3.74. The van der Waals surface area contributed by atoms with Crippen molar-refractivity contribution in [2.24, 2.45) is 0 Å². The van der Waals surface area contributed by atoms with Crippen molar-refractivity contribution in [2.45, 2.75) is 6.92 Å². The van der Waals surface area contributed by atoms with Gasteiger partial charge in [0.1, 0.15) is 19.0 Å². The number of ether oxygens (including phenoxy) is 3. The number of aromatic nitrogens is 1. The summed E-state index contributed by atoms with van der Waals surface area (Å²) in [6.45, 7) is 3.54. The van der Waals surface area contributed by atoms with E-state index in [1.165, 1.54) is 0 Å². The number of hydrogen-bond donors (Lipinski definition) is 1. The van der Waals surface area contributed by atoms with Crippen LogP contribution in [0.1, 0.15) is 17.3 Å². The van der Waals surface area contributed by atoms with E-state index in [1.807, 2.05) is 61.5 Å². The van der Waals surface area contributed by atoms with Crippen molar-refractivity contribution in [1.29, 1.82) is 0 Å². The second kappa shape index (κ2) is 8.59. The van der Waals surface area contributed by atoms with Crippen molar-refractivity contribution in [2.75, 3.05) is 25.1 Å². The van der Waals surface area contributed by atoms with E-state index in [4.69, 9.17) is 19.2 Å². The molecule has 0 saturated heterocycles. The standard InChI is InChI=1S/C26H22N2O4/c1-2-30-19-7-5-6-17(14-19)23-16-21(20-8-3-4-9-22(20)28-23)26(29)27-18-10-11-24-25(15-18)32-13-12-31-24/h3-11,14-16H,2,12-13H2,1H3,(H,27,29). The maximum atomic E-state index is 13.3. The molecule has 1 aliphatic heterocycles. The summed E-state index contributed by atoms with van der Waals surface area (Å²) in [5.74, 6) is 1.85. The molecule has 0 bridgehead atoms. The minimum Gasteiger partial charge on any atom is -0.494 e. The fourth-order valence-electron chi connectivity index (χ4n) is 3.74. The smallest absolute Gasteiger partial charge is 0.256 e. The number of para-hydroxylation sites is 1. The van der Waals surface area contributed by atoms with Gasteiger partial charge in [-0.2, -0.15) is 0 Å². The predicted octanol–water partition coefficient (Wildman–Crippen LogP) is 5.32. The summed E-state index contributed by atoms with van der Waals surface area (Å²) in [7, 11) is 0. The number of carbonyl (C=O) groups excluding carboxylic acids is 1. The molecule has 0 unspecified atom stereocenters. The summed E-state index contributed by atoms with van der Waals surface area (Å²) in [6, 6.07) is 22.6. The highest BCUT2D eigenvalue weighted by molar-refractivity contribution is 6.13. The highest BCUT2D eigenvalue weighted by Gasteiger charge is 2.17. The van der Waals surface area contributed by atoms with Crippen molar-refractivity contribution >= 4 is 22.5 Å². The minimum absolute atomic E-state index is 0.220. The van der Waals surface area contributed by atoms with E-state index in [-0.39, 0.29) is 5.91 Å². The first kappa shape index (κ1) is 19.9. The molecule has 3 aromatic carbocycles. The van der Waals surface area contributed by atoms with Gasteiger partial charge in [0.05, 0.1) is 23.4 Å². The van der Waals surface area contributed by atoms with E-state index in [2.05, 4.69) is 5.32 Å². The van der Waals surface area contributed by atoms with E-state index in [0.717, 1.165) is 22.2 Å². The van der Waals surface area contributed by atoms with Crippen LogP contribution in [-0.2, 0) is 0 Å². The number of rotatable bonds is 5. The van der Waals surface area contributed by atoms with Crippen LogP contribution < -0.4 is 19.5 Å². The summed E-state index contributed by atoms with van der Waals surface area (Å²) < 4.78 is 16.8. The molecule has 1 amide bonds. The summed E-state index contributed by atoms with van der Waals surface area (Å²) in [5, 5.41) is 3.77. The zero-order valence-electron chi connectivity index (χ0n) is 17.6. The zero-order chi connectivity index (χ0) is 21.9. The number of nitrogens with one attached hydrogen (secondary N) is 1. The van der Waals surface area contributed by atoms with Crippen molar-refractivity contribution in [3.63, 3.8) is 0 Å². The monoisotopic (exact) mass is 426 g/mol. The van der Waals surface area contributed by atoms with E-state index in [0.29, 0.717) is 48.3 Å². The lowest BCUT2D eigenvalue weighted by molar-refractivity contribution is 0.102. The number of pyridine rings is 1. The maximum Gasteiger partial charge on any atom is 0.256 e. The van der Waals surface area contributed by atoms with Gasteiger partial charge < -0.3 is 19.5 Å². The van der Waals surface area contributed by atoms with Crippen LogP contribution in [0, 0.1) is 0 Å². The molecule has 0 fully saturated rings. The van der Waals surface area contributed by atoms with Crippen molar-refractivity contribution in [3.05, 3.63) is 78.4 Å². The van der Waals surface area contributed by atoms with Crippen LogP contribution in [0.15, 0.2) is 72.8 Å². The predicted molar refractivity (Wildman–Crippen MR) is 124 cm³/mol. The number of carbonyl (C=O) groups is 1. The van der Waals surface area contributed by atoms with Crippen LogP contribution in [0.25, 0.3) is 22.2 Å². The topological polar surface area (TPSA) is 69.7 Å². The molecule has 0 spiro atoms. The van der Waals surface area contributed by atoms with Gasteiger partial charge in [0.2, 0.25) is 0 Å². The molecule has 0 atom stereocenters. The van der Waals surface area contributed by atoms with Crippen LogP contribution >= 0.6 is 0 Å². The first-order valence-corrected chi connectivity index (χ1v) is 10.6. The van der Waals surface area contributed by atoms with E-state index >= 15 is 0 Å². The second-order valence-corrected chi connectivity index (χ2v) is 7.35. The zero-order valence-corrected chi connectivity index (χ0v) is 17.6. The number of amides is 1. The van der Waals surface area contributed by atoms with Gasteiger partial charge in [-0.05, 0) is 43.3 Å². The Morgan fingerprint density at radius 1 is 0.969 bits per heavy atom. The van der Waals surface area contributed by atoms with Gasteiger partial charge >= 0.3 is 0 Å². The molecule has 5 rings (SSSR count). The van der Waals surface area contributed by atoms with Gasteiger partial charge in [0.25, 0.3) is 5.91 Å². The van der Waals surface area contributed by atoms with Crippen LogP contribution in [0.5, 0.6) is 17.2 Å². The lowest BCUT2D eigenvalue weighted by Gasteiger charge is -2.19. The lowest BCUT2D eigenvalue weighted by Crippen LogP contribution is -2.16. The fraction of sp³-hybridized carbons (Fsp3) is 0.154. The molecule has 4 aromatic rings. The molecule has 160 valence electrons. The van der Waals surface area contributed by atoms with Gasteiger partial charge in [-0.15, -0.1) is 0 Å². The van der Waals surface area contributed by atoms with Crippen molar-refractivity contribution < 1.29 is 19.0 Å². The Morgan fingerprint density at radius 3 is 2.69 bits per heavy atom. The van der Waals surface area contributed by atoms with Crippen molar-refractivity contribution in [3.8, 4) is 28.5 Å². The van der Waals surface area contributed by atoms with Crippen LogP contribution in [0.2, 0.25) is 0 Å². The van der Waals surface area contributed by atoms with Crippen LogP contribution in [0.3, 0.4) is 0 Å². The van der Waals surface area contributed by atoms with Crippen LogP contribution in [-0.4, -0.2) is 30.7 Å². The molecule has 1 aromatic heterocycles. The molecule has 0 aliphatic carbocycles. The number of nitrogens with zero attached hydrogens (tertiary/aromatic N) is 1. The molecule has 0 saturated carbocycles. The normalized spacial score (nSPS) is 12.4. The molecule has 32 heavy (non-hydrogen) atoms. The average Bonchev–Trinajstić information content (AvgIpc) is 2.83. The van der Waals surface area contributed by atoms with E-state index in [1.54, 1.807) is 18.2 Å². The first-order chi connectivity index (χ1) is 15.7. The molecule has 2 heterocycles. The average molecular weight is 426 g/mol. The molecule has 0 radical (unpaired) electrons. The third-order valence-corrected chi connectivity index (χ3v) is 5.20. The Kier molecular flexibility index (Phi) is 5.34. The summed E-state index contributed by atoms with van der Waals surface area (Å²) in [6.07, 6.45) is 0. The van der Waals surface area contributed by atoms with Crippen LogP contribution in [0.4, 0.5) is 5.69 Å². The highest BCUT2D eigenvalue weighted by Crippen LogP contribution is 2.33. The molecule has 6 heteroatoms. The third-order valence-electron chi connectivity index (χ3n) is 5.20. The highest BCUT2D eigenvalue weighted by atomic mass is 16.6. The van der Waals surface area contributed by atoms with Gasteiger partial charge in [-0.1, -0.05) is 30.3 Å². The van der Waals surface area contributed by atoms with Gasteiger partial charge in [0.15, 0.2) is 11.5 Å². The van der Waals surface area contributed by atoms with E-state index < -0.39 is 0 Å². The Hall–Kier alpha value is -4.06. The second-order valence-electron chi connectivity index (χ2n) is 7.35. The molecule has 1 N–H and O–H groups in total. The SMILES string of the molecule is CCOc1cccc(-c2cc(C(=O)Nc3ccc4c(c3)OCCO4)c3ccccc3n2)c1. The quantitative estimate of drug-likeness (QED) is 0.467. The minimum atomic E-state index is -0.220. The number of anilines is 1. The Labute approximate surface area is 185 Å². The third kappa shape index (κ3) is 3.95. The first-order valence-electron chi connectivity index (χ1n) is 10.6. The molecule has 1 aliphatic rings. The molecular weight excluding hydrogens is 404 g/mol. The Bertz CT molecular complexity index is 1300.